The summed E-state index contributed by atoms with van der Waals surface area (Å²) in [4.78, 5) is 27.0. The van der Waals surface area contributed by atoms with E-state index >= 15 is 0 Å². The third-order valence-electron chi connectivity index (χ3n) is 5.36. The molecule has 0 unspecified atom stereocenters. The van der Waals surface area contributed by atoms with Gasteiger partial charge >= 0.3 is 6.03 Å². The topological polar surface area (TPSA) is 61.4 Å². The lowest BCUT2D eigenvalue weighted by Crippen LogP contribution is -2.51. The molecule has 1 aliphatic rings. The number of piperidine rings is 1. The van der Waals surface area contributed by atoms with Crippen LogP contribution in [0.1, 0.15) is 36.0 Å². The van der Waals surface area contributed by atoms with Gasteiger partial charge in [0.05, 0.1) is 5.92 Å². The molecule has 0 radical (unpaired) electrons. The molecule has 0 spiro atoms. The minimum Gasteiger partial charge on any atom is -0.352 e. The first-order chi connectivity index (χ1) is 14.0. The molecule has 0 aliphatic carbocycles. The molecule has 1 saturated heterocycles. The van der Waals surface area contributed by atoms with E-state index in [4.69, 9.17) is 0 Å². The number of likely N-dealkylation sites (tertiary alicyclic amines) is 1. The van der Waals surface area contributed by atoms with Crippen molar-refractivity contribution in [3.8, 4) is 0 Å². The predicted octanol–water partition coefficient (Wildman–Crippen LogP) is 3.59. The predicted molar refractivity (Wildman–Crippen MR) is 111 cm³/mol. The maximum absolute atomic E-state index is 13.8. The number of urea groups is 1. The second-order valence-electron chi connectivity index (χ2n) is 7.59. The maximum Gasteiger partial charge on any atom is 0.317 e. The molecule has 3 rings (SSSR count). The van der Waals surface area contributed by atoms with E-state index in [0.29, 0.717) is 31.6 Å². The monoisotopic (exact) mass is 397 g/mol. The highest BCUT2D eigenvalue weighted by Crippen LogP contribution is 2.31. The Bertz CT molecular complexity index is 871. The third-order valence-corrected chi connectivity index (χ3v) is 5.36. The Hall–Kier alpha value is -2.89. The van der Waals surface area contributed by atoms with Crippen molar-refractivity contribution in [2.24, 2.45) is 5.92 Å². The zero-order valence-corrected chi connectivity index (χ0v) is 17.0. The largest absolute Gasteiger partial charge is 0.352 e. The summed E-state index contributed by atoms with van der Waals surface area (Å²) in [6, 6.07) is 14.5. The summed E-state index contributed by atoms with van der Waals surface area (Å²) >= 11 is 0. The SMILES string of the molecule is CCNC(=O)N1C[C@H](C(=O)NCc2ccccc2F)C[C@@H](c2cccc(C)c2)C1. The van der Waals surface area contributed by atoms with Crippen LogP contribution in [0.15, 0.2) is 48.5 Å². The van der Waals surface area contributed by atoms with Gasteiger partial charge in [-0.1, -0.05) is 48.0 Å². The molecule has 1 aliphatic heterocycles. The fraction of sp³-hybridized carbons (Fsp3) is 0.391. The summed E-state index contributed by atoms with van der Waals surface area (Å²) in [5.74, 6) is -0.753. The molecule has 2 atom stereocenters. The minimum atomic E-state index is -0.344. The standard InChI is InChI=1S/C23H28FN3O2/c1-3-25-23(29)27-14-19(17-9-6-7-16(2)11-17)12-20(15-27)22(28)26-13-18-8-4-5-10-21(18)24/h4-11,19-20H,3,12-15H2,1-2H3,(H,25,29)(H,26,28)/t19-,20-/m1/s1. The fourth-order valence-corrected chi connectivity index (χ4v) is 3.85. The van der Waals surface area contributed by atoms with Crippen molar-refractivity contribution in [2.75, 3.05) is 19.6 Å². The molecular weight excluding hydrogens is 369 g/mol. The number of halogens is 1. The number of benzene rings is 2. The molecule has 5 nitrogen and oxygen atoms in total. The van der Waals surface area contributed by atoms with Crippen LogP contribution in [-0.4, -0.2) is 36.5 Å². The van der Waals surface area contributed by atoms with Crippen molar-refractivity contribution < 1.29 is 14.0 Å². The number of nitrogens with one attached hydrogen (secondary N) is 2. The van der Waals surface area contributed by atoms with Crippen molar-refractivity contribution in [2.45, 2.75) is 32.7 Å². The van der Waals surface area contributed by atoms with E-state index in [2.05, 4.69) is 16.7 Å². The maximum atomic E-state index is 13.8. The van der Waals surface area contributed by atoms with Crippen LogP contribution < -0.4 is 10.6 Å². The molecule has 1 fully saturated rings. The van der Waals surface area contributed by atoms with Crippen molar-refractivity contribution in [1.29, 1.82) is 0 Å². The molecule has 0 bridgehead atoms. The van der Waals surface area contributed by atoms with E-state index in [-0.39, 0.29) is 36.1 Å². The lowest BCUT2D eigenvalue weighted by molar-refractivity contribution is -0.126. The van der Waals surface area contributed by atoms with Gasteiger partial charge in [-0.15, -0.1) is 0 Å². The smallest absolute Gasteiger partial charge is 0.317 e. The van der Waals surface area contributed by atoms with E-state index in [0.717, 1.165) is 11.1 Å². The molecule has 154 valence electrons. The molecule has 2 N–H and O–H groups in total. The van der Waals surface area contributed by atoms with Gasteiger partial charge in [-0.25, -0.2) is 9.18 Å². The van der Waals surface area contributed by atoms with Gasteiger partial charge in [0.15, 0.2) is 0 Å². The van der Waals surface area contributed by atoms with Crippen LogP contribution >= 0.6 is 0 Å². The van der Waals surface area contributed by atoms with Crippen LogP contribution in [0.4, 0.5) is 9.18 Å². The number of amides is 3. The van der Waals surface area contributed by atoms with Gasteiger partial charge in [0.2, 0.25) is 5.91 Å². The van der Waals surface area contributed by atoms with Crippen molar-refractivity contribution in [1.82, 2.24) is 15.5 Å². The zero-order chi connectivity index (χ0) is 20.8. The van der Waals surface area contributed by atoms with Crippen molar-refractivity contribution in [3.63, 3.8) is 0 Å². The summed E-state index contributed by atoms with van der Waals surface area (Å²) in [6.45, 7) is 5.52. The van der Waals surface area contributed by atoms with E-state index in [1.807, 2.05) is 32.0 Å². The van der Waals surface area contributed by atoms with Gasteiger partial charge in [-0.2, -0.15) is 0 Å². The molecule has 3 amide bonds. The van der Waals surface area contributed by atoms with Crippen LogP contribution in [0.5, 0.6) is 0 Å². The van der Waals surface area contributed by atoms with Crippen molar-refractivity contribution >= 4 is 11.9 Å². The number of nitrogens with zero attached hydrogens (tertiary/aromatic N) is 1. The average molecular weight is 397 g/mol. The number of carbonyl (C=O) groups excluding carboxylic acids is 2. The second-order valence-corrected chi connectivity index (χ2v) is 7.59. The Morgan fingerprint density at radius 1 is 1.10 bits per heavy atom. The lowest BCUT2D eigenvalue weighted by Gasteiger charge is -2.37. The molecule has 29 heavy (non-hydrogen) atoms. The number of hydrogen-bond acceptors (Lipinski definition) is 2. The van der Waals surface area contributed by atoms with Crippen LogP contribution in [0, 0.1) is 18.7 Å². The van der Waals surface area contributed by atoms with E-state index in [1.54, 1.807) is 23.1 Å². The molecule has 2 aromatic rings. The summed E-state index contributed by atoms with van der Waals surface area (Å²) < 4.78 is 13.8. The molecule has 6 heteroatoms. The quantitative estimate of drug-likeness (QED) is 0.810. The highest BCUT2D eigenvalue weighted by atomic mass is 19.1. The third kappa shape index (κ3) is 5.34. The van der Waals surface area contributed by atoms with Crippen molar-refractivity contribution in [3.05, 3.63) is 71.0 Å². The molecule has 0 saturated carbocycles. The number of hydrogen-bond donors (Lipinski definition) is 2. The van der Waals surface area contributed by atoms with Gasteiger partial charge < -0.3 is 15.5 Å². The first-order valence-electron chi connectivity index (χ1n) is 10.1. The van der Waals surface area contributed by atoms with Crippen LogP contribution in [0.25, 0.3) is 0 Å². The minimum absolute atomic E-state index is 0.0791. The number of rotatable bonds is 5. The Balaban J connectivity index is 1.74. The lowest BCUT2D eigenvalue weighted by atomic mass is 9.83. The Labute approximate surface area is 171 Å². The molecular formula is C23H28FN3O2. The summed E-state index contributed by atoms with van der Waals surface area (Å²) in [7, 11) is 0. The first-order valence-corrected chi connectivity index (χ1v) is 10.1. The van der Waals surface area contributed by atoms with Gasteiger partial charge in [-0.3, -0.25) is 4.79 Å². The normalized spacial score (nSPS) is 18.9. The number of carbonyl (C=O) groups is 2. The van der Waals surface area contributed by atoms with Crippen LogP contribution in [0.2, 0.25) is 0 Å². The van der Waals surface area contributed by atoms with Gasteiger partial charge in [0, 0.05) is 37.7 Å². The second kappa shape index (κ2) is 9.54. The fourth-order valence-electron chi connectivity index (χ4n) is 3.85. The first kappa shape index (κ1) is 20.8. The van der Waals surface area contributed by atoms with Crippen LogP contribution in [0.3, 0.4) is 0 Å². The highest BCUT2D eigenvalue weighted by Gasteiger charge is 2.34. The molecule has 0 aromatic heterocycles. The van der Waals surface area contributed by atoms with Crippen LogP contribution in [-0.2, 0) is 11.3 Å². The van der Waals surface area contributed by atoms with Gasteiger partial charge in [0.25, 0.3) is 0 Å². The van der Waals surface area contributed by atoms with Gasteiger partial charge in [0.1, 0.15) is 5.82 Å². The van der Waals surface area contributed by atoms with E-state index < -0.39 is 0 Å². The number of aryl methyl sites for hydroxylation is 1. The zero-order valence-electron chi connectivity index (χ0n) is 17.0. The summed E-state index contributed by atoms with van der Waals surface area (Å²) in [5.41, 5.74) is 2.73. The van der Waals surface area contributed by atoms with E-state index in [9.17, 15) is 14.0 Å². The van der Waals surface area contributed by atoms with Gasteiger partial charge in [-0.05, 0) is 31.9 Å². The Morgan fingerprint density at radius 3 is 2.62 bits per heavy atom. The molecule has 1 heterocycles. The highest BCUT2D eigenvalue weighted by molar-refractivity contribution is 5.81. The average Bonchev–Trinajstić information content (AvgIpc) is 2.73. The summed E-state index contributed by atoms with van der Waals surface area (Å²) in [5, 5.41) is 5.68. The Kier molecular flexibility index (Phi) is 6.86. The molecule has 2 aromatic carbocycles. The van der Waals surface area contributed by atoms with E-state index in [1.165, 1.54) is 6.07 Å². The Morgan fingerprint density at radius 2 is 1.90 bits per heavy atom. The summed E-state index contributed by atoms with van der Waals surface area (Å²) in [6.07, 6.45) is 0.655.